The van der Waals surface area contributed by atoms with Gasteiger partial charge in [0.05, 0.1) is 19.7 Å². The summed E-state index contributed by atoms with van der Waals surface area (Å²) < 4.78 is 5.75. The summed E-state index contributed by atoms with van der Waals surface area (Å²) in [4.78, 5) is 10.3. The van der Waals surface area contributed by atoms with Crippen LogP contribution in [0.2, 0.25) is 0 Å². The molecule has 0 amide bonds. The standard InChI is InChI=1S/C19H26N4OS/c1-3-20-19(23-12-17-14(2)7-9-25-17)22-11-16-6-8-21-18(10-16)24-13-15-4-5-15/h6-10,15H,3-5,11-13H2,1-2H3,(H2,20,22,23). The number of nitrogens with one attached hydrogen (secondary N) is 2. The van der Waals surface area contributed by atoms with Crippen molar-refractivity contribution in [3.8, 4) is 5.88 Å². The first kappa shape index (κ1) is 17.7. The summed E-state index contributed by atoms with van der Waals surface area (Å²) in [6.07, 6.45) is 4.36. The lowest BCUT2D eigenvalue weighted by Crippen LogP contribution is -2.36. The first-order chi connectivity index (χ1) is 12.2. The van der Waals surface area contributed by atoms with Gasteiger partial charge in [0.2, 0.25) is 5.88 Å². The maximum atomic E-state index is 5.75. The minimum Gasteiger partial charge on any atom is -0.477 e. The second kappa shape index (κ2) is 8.85. The van der Waals surface area contributed by atoms with Crippen molar-refractivity contribution in [1.82, 2.24) is 15.6 Å². The summed E-state index contributed by atoms with van der Waals surface area (Å²) >= 11 is 1.77. The Morgan fingerprint density at radius 2 is 2.24 bits per heavy atom. The van der Waals surface area contributed by atoms with Crippen LogP contribution in [-0.2, 0) is 13.1 Å². The van der Waals surface area contributed by atoms with Crippen LogP contribution in [0.5, 0.6) is 5.88 Å². The van der Waals surface area contributed by atoms with Crippen molar-refractivity contribution in [2.45, 2.75) is 39.8 Å². The van der Waals surface area contributed by atoms with Gasteiger partial charge in [-0.05, 0) is 61.2 Å². The van der Waals surface area contributed by atoms with E-state index in [2.05, 4.69) is 45.9 Å². The first-order valence-electron chi connectivity index (χ1n) is 8.87. The van der Waals surface area contributed by atoms with Gasteiger partial charge in [0.15, 0.2) is 5.96 Å². The van der Waals surface area contributed by atoms with Gasteiger partial charge in [0.1, 0.15) is 0 Å². The third-order valence-corrected chi connectivity index (χ3v) is 5.13. The Balaban J connectivity index is 1.56. The van der Waals surface area contributed by atoms with E-state index >= 15 is 0 Å². The number of hydrogen-bond acceptors (Lipinski definition) is 4. The zero-order valence-corrected chi connectivity index (χ0v) is 15.7. The van der Waals surface area contributed by atoms with Crippen molar-refractivity contribution in [3.05, 3.63) is 45.8 Å². The van der Waals surface area contributed by atoms with E-state index in [1.807, 2.05) is 12.1 Å². The van der Waals surface area contributed by atoms with Crippen LogP contribution in [0, 0.1) is 12.8 Å². The molecule has 5 nitrogen and oxygen atoms in total. The van der Waals surface area contributed by atoms with Crippen molar-refractivity contribution >= 4 is 17.3 Å². The van der Waals surface area contributed by atoms with Gasteiger partial charge in [-0.3, -0.25) is 0 Å². The molecular weight excluding hydrogens is 332 g/mol. The summed E-state index contributed by atoms with van der Waals surface area (Å²) in [5.41, 5.74) is 2.42. The number of aryl methyl sites for hydroxylation is 1. The topological polar surface area (TPSA) is 58.5 Å². The van der Waals surface area contributed by atoms with Gasteiger partial charge in [-0.25, -0.2) is 9.98 Å². The van der Waals surface area contributed by atoms with Crippen LogP contribution in [0.3, 0.4) is 0 Å². The Hall–Kier alpha value is -2.08. The number of aromatic nitrogens is 1. The lowest BCUT2D eigenvalue weighted by molar-refractivity contribution is 0.288. The molecule has 6 heteroatoms. The molecule has 1 fully saturated rings. The molecule has 25 heavy (non-hydrogen) atoms. The molecular formula is C19H26N4OS. The highest BCUT2D eigenvalue weighted by atomic mass is 32.1. The Kier molecular flexibility index (Phi) is 6.28. The van der Waals surface area contributed by atoms with Crippen LogP contribution in [0.25, 0.3) is 0 Å². The van der Waals surface area contributed by atoms with E-state index < -0.39 is 0 Å². The van der Waals surface area contributed by atoms with Crippen molar-refractivity contribution < 1.29 is 4.74 Å². The predicted octanol–water partition coefficient (Wildman–Crippen LogP) is 3.50. The molecule has 0 bridgehead atoms. The SMILES string of the molecule is CCNC(=NCc1ccnc(OCC2CC2)c1)NCc1sccc1C. The fraction of sp³-hybridized carbons (Fsp3) is 0.474. The second-order valence-electron chi connectivity index (χ2n) is 6.33. The molecule has 2 aromatic heterocycles. The Labute approximate surface area is 153 Å². The number of aliphatic imine (C=N–C) groups is 1. The number of hydrogen-bond donors (Lipinski definition) is 2. The highest BCUT2D eigenvalue weighted by Crippen LogP contribution is 2.29. The van der Waals surface area contributed by atoms with Crippen LogP contribution in [0.4, 0.5) is 0 Å². The van der Waals surface area contributed by atoms with Gasteiger partial charge in [0, 0.05) is 23.7 Å². The minimum atomic E-state index is 0.598. The van der Waals surface area contributed by atoms with Crippen molar-refractivity contribution in [1.29, 1.82) is 0 Å². The number of rotatable bonds is 8. The summed E-state index contributed by atoms with van der Waals surface area (Å²) in [5, 5.41) is 8.82. The van der Waals surface area contributed by atoms with Crippen molar-refractivity contribution in [3.63, 3.8) is 0 Å². The Morgan fingerprint density at radius 3 is 2.96 bits per heavy atom. The number of ether oxygens (including phenoxy) is 1. The maximum absolute atomic E-state index is 5.75. The second-order valence-corrected chi connectivity index (χ2v) is 7.33. The molecule has 0 aromatic carbocycles. The van der Waals surface area contributed by atoms with Gasteiger partial charge in [-0.1, -0.05) is 0 Å². The van der Waals surface area contributed by atoms with Gasteiger partial charge in [-0.2, -0.15) is 0 Å². The number of nitrogens with zero attached hydrogens (tertiary/aromatic N) is 2. The van der Waals surface area contributed by atoms with Crippen LogP contribution in [-0.4, -0.2) is 24.1 Å². The molecule has 1 aliphatic rings. The maximum Gasteiger partial charge on any atom is 0.213 e. The molecule has 0 radical (unpaired) electrons. The molecule has 134 valence electrons. The van der Waals surface area contributed by atoms with Gasteiger partial charge in [0.25, 0.3) is 0 Å². The van der Waals surface area contributed by atoms with Crippen LogP contribution < -0.4 is 15.4 Å². The normalized spacial score (nSPS) is 14.4. The Morgan fingerprint density at radius 1 is 1.36 bits per heavy atom. The van der Waals surface area contributed by atoms with Crippen LogP contribution in [0.15, 0.2) is 34.8 Å². The number of thiophene rings is 1. The number of guanidine groups is 1. The highest BCUT2D eigenvalue weighted by Gasteiger charge is 2.22. The molecule has 1 saturated carbocycles. The molecule has 0 unspecified atom stereocenters. The average Bonchev–Trinajstić information content (AvgIpc) is 3.37. The Bertz CT molecular complexity index is 709. The third kappa shape index (κ3) is 5.74. The monoisotopic (exact) mass is 358 g/mol. The smallest absolute Gasteiger partial charge is 0.213 e. The molecule has 2 heterocycles. The van der Waals surface area contributed by atoms with Crippen molar-refractivity contribution in [2.24, 2.45) is 10.9 Å². The zero-order chi connectivity index (χ0) is 17.5. The van der Waals surface area contributed by atoms with Crippen LogP contribution >= 0.6 is 11.3 Å². The van der Waals surface area contributed by atoms with E-state index in [0.29, 0.717) is 12.4 Å². The molecule has 2 aromatic rings. The highest BCUT2D eigenvalue weighted by molar-refractivity contribution is 7.10. The summed E-state index contributed by atoms with van der Waals surface area (Å²) in [6.45, 7) is 7.22. The molecule has 0 saturated heterocycles. The molecule has 0 aliphatic heterocycles. The molecule has 3 rings (SSSR count). The molecule has 0 atom stereocenters. The minimum absolute atomic E-state index is 0.598. The van der Waals surface area contributed by atoms with E-state index in [-0.39, 0.29) is 0 Å². The van der Waals surface area contributed by atoms with E-state index in [1.54, 1.807) is 17.5 Å². The lowest BCUT2D eigenvalue weighted by atomic mass is 10.3. The largest absolute Gasteiger partial charge is 0.477 e. The van der Waals surface area contributed by atoms with E-state index in [1.165, 1.54) is 23.3 Å². The molecule has 0 spiro atoms. The van der Waals surface area contributed by atoms with E-state index in [0.717, 1.165) is 37.1 Å². The van der Waals surface area contributed by atoms with Gasteiger partial charge < -0.3 is 15.4 Å². The number of pyridine rings is 1. The summed E-state index contributed by atoms with van der Waals surface area (Å²) in [7, 11) is 0. The zero-order valence-electron chi connectivity index (χ0n) is 14.9. The summed E-state index contributed by atoms with van der Waals surface area (Å²) in [5.74, 6) is 2.26. The van der Waals surface area contributed by atoms with Crippen LogP contribution in [0.1, 0.15) is 35.8 Å². The predicted molar refractivity (Wildman–Crippen MR) is 103 cm³/mol. The van der Waals surface area contributed by atoms with E-state index in [4.69, 9.17) is 4.74 Å². The molecule has 2 N–H and O–H groups in total. The van der Waals surface area contributed by atoms with Crippen molar-refractivity contribution in [2.75, 3.05) is 13.2 Å². The fourth-order valence-corrected chi connectivity index (χ4v) is 3.22. The quantitative estimate of drug-likeness (QED) is 0.560. The fourth-order valence-electron chi connectivity index (χ4n) is 2.38. The van der Waals surface area contributed by atoms with Gasteiger partial charge >= 0.3 is 0 Å². The van der Waals surface area contributed by atoms with E-state index in [9.17, 15) is 0 Å². The average molecular weight is 359 g/mol. The summed E-state index contributed by atoms with van der Waals surface area (Å²) in [6, 6.07) is 6.12. The first-order valence-corrected chi connectivity index (χ1v) is 9.75. The molecule has 1 aliphatic carbocycles. The lowest BCUT2D eigenvalue weighted by Gasteiger charge is -2.11. The third-order valence-electron chi connectivity index (χ3n) is 4.11. The van der Waals surface area contributed by atoms with Gasteiger partial charge in [-0.15, -0.1) is 11.3 Å².